The van der Waals surface area contributed by atoms with Crippen LogP contribution < -0.4 is 56.5 Å². The summed E-state index contributed by atoms with van der Waals surface area (Å²) < 4.78 is 18.0. The monoisotopic (exact) mass is 995 g/mol. The van der Waals surface area contributed by atoms with Crippen LogP contribution in [0.3, 0.4) is 0 Å². The molecule has 0 radical (unpaired) electrons. The fourth-order valence-electron chi connectivity index (χ4n) is 9.32. The molecular formula is C53H61N11O9. The molecule has 7 N–H and O–H groups in total. The molecule has 8 rings (SSSR count). The summed E-state index contributed by atoms with van der Waals surface area (Å²) in [6.07, 6.45) is 5.86. The number of guanidine groups is 1. The topological polar surface area (TPSA) is 265 Å². The van der Waals surface area contributed by atoms with E-state index in [9.17, 15) is 28.8 Å². The van der Waals surface area contributed by atoms with Crippen LogP contribution >= 0.6 is 0 Å². The Labute approximate surface area is 423 Å². The number of hydrogen-bond acceptors (Lipinski definition) is 14. The molecule has 4 aliphatic heterocycles. The van der Waals surface area contributed by atoms with E-state index in [1.807, 2.05) is 37.4 Å². The standard InChI is InChI=1S/C53H61N11O9/c1-29(2)47(61-60-39(12-9-16-56-53(54)55)49(67)59-26-31(4)65)48(66)52(70)62(5)34-14-15-43-33(21-34)22-36-28-57-40-24-44(30(3)19-37(40)50(68)64(36)43)72-17-10-18-73-46-25-41-38(23-45(46)71-6)51(69)63-35(27-58-41)20-32-11-7-8-13-42(32)63/h7-8,11,13-15,19,21,23-25,27-29,35-36,39,47,60-61H,9-10,12,16-18,20,22,26H2,1-6H3,(H,59,67)(H4,54,55,56)/t35-,36-,39-,47-/m0/s1. The van der Waals surface area contributed by atoms with E-state index in [0.717, 1.165) is 22.4 Å². The van der Waals surface area contributed by atoms with E-state index in [1.165, 1.54) is 26.0 Å². The SMILES string of the molecule is COc1cc2c(cc1OCCCOc1cc3c(cc1C)C(=O)N1c4ccc(N(C)C(=O)C(=O)[C@@H](NN[C@@H](CCCN=C(N)N)C(=O)NCC(C)=O)C(C)C)cc4C[C@H]1C=N3)N=C[C@@H]1Cc3ccccc3N1C2=O. The van der Waals surface area contributed by atoms with Crippen LogP contribution in [0.25, 0.3) is 0 Å². The molecule has 20 nitrogen and oxygen atoms in total. The number of hydrazine groups is 1. The third-order valence-electron chi connectivity index (χ3n) is 13.2. The maximum absolute atomic E-state index is 14.3. The molecular weight excluding hydrogens is 935 g/mol. The number of fused-ring (bicyclic) bond motifs is 8. The smallest absolute Gasteiger partial charge is 0.295 e. The number of benzene rings is 4. The molecule has 4 atom stereocenters. The molecule has 0 saturated carbocycles. The Kier molecular flexibility index (Phi) is 15.6. The molecule has 4 amide bonds. The minimum Gasteiger partial charge on any atom is -0.493 e. The van der Waals surface area contributed by atoms with Crippen molar-refractivity contribution in [2.45, 2.75) is 84.0 Å². The number of carbonyl (C=O) groups is 6. The highest BCUT2D eigenvalue weighted by Crippen LogP contribution is 2.42. The van der Waals surface area contributed by atoms with Crippen LogP contribution in [0, 0.1) is 12.8 Å². The van der Waals surface area contributed by atoms with Gasteiger partial charge in [-0.25, -0.2) is 10.9 Å². The van der Waals surface area contributed by atoms with Crippen LogP contribution in [-0.4, -0.2) is 118 Å². The molecule has 4 aromatic carbocycles. The number of nitrogens with one attached hydrogen (secondary N) is 3. The summed E-state index contributed by atoms with van der Waals surface area (Å²) in [5.74, 6) is -1.60. The number of nitrogens with zero attached hydrogens (tertiary/aromatic N) is 6. The van der Waals surface area contributed by atoms with Crippen LogP contribution in [0.4, 0.5) is 28.4 Å². The number of para-hydroxylation sites is 1. The van der Waals surface area contributed by atoms with Crippen LogP contribution in [-0.2, 0) is 32.0 Å². The number of aryl methyl sites for hydroxylation is 1. The van der Waals surface area contributed by atoms with Gasteiger partial charge in [0.1, 0.15) is 17.6 Å². The predicted molar refractivity (Wildman–Crippen MR) is 278 cm³/mol. The van der Waals surface area contributed by atoms with Gasteiger partial charge in [-0.1, -0.05) is 32.0 Å². The number of anilines is 3. The van der Waals surface area contributed by atoms with Gasteiger partial charge in [-0.2, -0.15) is 0 Å². The summed E-state index contributed by atoms with van der Waals surface area (Å²) in [5, 5.41) is 2.57. The molecule has 0 bridgehead atoms. The van der Waals surface area contributed by atoms with Crippen molar-refractivity contribution >= 4 is 82.0 Å². The van der Waals surface area contributed by atoms with E-state index in [4.69, 9.17) is 35.7 Å². The molecule has 4 aromatic rings. The third-order valence-corrected chi connectivity index (χ3v) is 13.2. The number of aliphatic imine (C=N–C) groups is 3. The van der Waals surface area contributed by atoms with Crippen molar-refractivity contribution in [3.8, 4) is 17.2 Å². The summed E-state index contributed by atoms with van der Waals surface area (Å²) in [7, 11) is 3.04. The third kappa shape index (κ3) is 11.1. The molecule has 382 valence electrons. The fraction of sp³-hybridized carbons (Fsp3) is 0.377. The Hall–Kier alpha value is -7.97. The van der Waals surface area contributed by atoms with Gasteiger partial charge in [-0.05, 0) is 85.7 Å². The largest absolute Gasteiger partial charge is 0.493 e. The van der Waals surface area contributed by atoms with Gasteiger partial charge in [-0.3, -0.25) is 53.5 Å². The van der Waals surface area contributed by atoms with E-state index in [1.54, 1.807) is 72.3 Å². The highest BCUT2D eigenvalue weighted by atomic mass is 16.5. The van der Waals surface area contributed by atoms with E-state index in [-0.39, 0.29) is 61.6 Å². The fourth-order valence-corrected chi connectivity index (χ4v) is 9.32. The Morgan fingerprint density at radius 3 is 2.10 bits per heavy atom. The second-order valence-electron chi connectivity index (χ2n) is 18.8. The lowest BCUT2D eigenvalue weighted by Gasteiger charge is -2.27. The van der Waals surface area contributed by atoms with Gasteiger partial charge < -0.3 is 35.9 Å². The van der Waals surface area contributed by atoms with Gasteiger partial charge in [0.05, 0.1) is 67.5 Å². The predicted octanol–water partition coefficient (Wildman–Crippen LogP) is 4.20. The zero-order valence-electron chi connectivity index (χ0n) is 41.8. The van der Waals surface area contributed by atoms with Crippen LogP contribution in [0.15, 0.2) is 81.7 Å². The van der Waals surface area contributed by atoms with Crippen LogP contribution in [0.2, 0.25) is 0 Å². The van der Waals surface area contributed by atoms with Gasteiger partial charge in [0.15, 0.2) is 17.5 Å². The highest BCUT2D eigenvalue weighted by Gasteiger charge is 2.39. The number of hydrogen-bond donors (Lipinski definition) is 5. The first-order valence-corrected chi connectivity index (χ1v) is 24.3. The number of Topliss-reactive ketones (excluding diaryl/α,β-unsaturated/α-hetero) is 2. The maximum Gasteiger partial charge on any atom is 0.295 e. The first kappa shape index (κ1) is 51.4. The van der Waals surface area contributed by atoms with Crippen molar-refractivity contribution in [3.63, 3.8) is 0 Å². The molecule has 4 aliphatic rings. The number of rotatable bonds is 21. The lowest BCUT2D eigenvalue weighted by Crippen LogP contribution is -2.58. The quantitative estimate of drug-likeness (QED) is 0.0258. The summed E-state index contributed by atoms with van der Waals surface area (Å²) in [6, 6.07) is 17.6. The van der Waals surface area contributed by atoms with Crippen molar-refractivity contribution in [2.24, 2.45) is 32.4 Å². The van der Waals surface area contributed by atoms with E-state index in [0.29, 0.717) is 83.4 Å². The number of ketones is 2. The number of ether oxygens (including phenoxy) is 3. The maximum atomic E-state index is 14.3. The number of likely N-dealkylation sites (N-methyl/N-ethyl adjacent to an activating group) is 1. The Morgan fingerprint density at radius 2 is 1.44 bits per heavy atom. The van der Waals surface area contributed by atoms with E-state index in [2.05, 4.69) is 21.2 Å². The van der Waals surface area contributed by atoms with Gasteiger partial charge in [0, 0.05) is 74.5 Å². The van der Waals surface area contributed by atoms with Gasteiger partial charge in [-0.15, -0.1) is 0 Å². The molecule has 4 heterocycles. The summed E-state index contributed by atoms with van der Waals surface area (Å²) >= 11 is 0. The van der Waals surface area contributed by atoms with Crippen molar-refractivity contribution in [1.82, 2.24) is 16.2 Å². The lowest BCUT2D eigenvalue weighted by molar-refractivity contribution is -0.138. The molecule has 20 heteroatoms. The molecule has 0 saturated heterocycles. The highest BCUT2D eigenvalue weighted by molar-refractivity contribution is 6.43. The minimum absolute atomic E-state index is 0.0849. The molecule has 0 unspecified atom stereocenters. The Balaban J connectivity index is 0.871. The van der Waals surface area contributed by atoms with Gasteiger partial charge >= 0.3 is 0 Å². The average molecular weight is 996 g/mol. The Bertz CT molecular complexity index is 2930. The molecule has 0 spiro atoms. The van der Waals surface area contributed by atoms with E-state index >= 15 is 0 Å². The molecule has 0 fully saturated rings. The van der Waals surface area contributed by atoms with Crippen molar-refractivity contribution < 1.29 is 43.0 Å². The summed E-state index contributed by atoms with van der Waals surface area (Å²) in [5.41, 5.74) is 23.2. The zero-order valence-corrected chi connectivity index (χ0v) is 41.8. The van der Waals surface area contributed by atoms with Gasteiger partial charge in [0.2, 0.25) is 11.7 Å². The molecule has 0 aliphatic carbocycles. The van der Waals surface area contributed by atoms with Gasteiger partial charge in [0.25, 0.3) is 17.7 Å². The van der Waals surface area contributed by atoms with Crippen molar-refractivity contribution in [2.75, 3.05) is 55.2 Å². The van der Waals surface area contributed by atoms with E-state index < -0.39 is 35.7 Å². The summed E-state index contributed by atoms with van der Waals surface area (Å²) in [6.45, 7) is 7.45. The second-order valence-corrected chi connectivity index (χ2v) is 18.8. The average Bonchev–Trinajstić information content (AvgIpc) is 3.86. The van der Waals surface area contributed by atoms with Crippen LogP contribution in [0.1, 0.15) is 77.4 Å². The van der Waals surface area contributed by atoms with Crippen molar-refractivity contribution in [3.05, 3.63) is 94.5 Å². The normalized spacial score (nSPS) is 16.7. The molecule has 0 aromatic heterocycles. The second kappa shape index (κ2) is 22.2. The first-order chi connectivity index (χ1) is 35.0. The number of nitrogens with two attached hydrogens (primary N) is 2. The lowest BCUT2D eigenvalue weighted by atomic mass is 9.99. The minimum atomic E-state index is -1.02. The Morgan fingerprint density at radius 1 is 0.808 bits per heavy atom. The number of carbonyl (C=O) groups excluding carboxylic acids is 6. The first-order valence-electron chi connectivity index (χ1n) is 24.3. The van der Waals surface area contributed by atoms with Crippen molar-refractivity contribution in [1.29, 1.82) is 0 Å². The summed E-state index contributed by atoms with van der Waals surface area (Å²) in [4.78, 5) is 98.4. The van der Waals surface area contributed by atoms with Crippen LogP contribution in [0.5, 0.6) is 17.2 Å². The number of amides is 4. The zero-order chi connectivity index (χ0) is 52.1. The number of methoxy groups -OCH3 is 1. The molecule has 73 heavy (non-hydrogen) atoms.